The fourth-order valence-electron chi connectivity index (χ4n) is 6.16. The summed E-state index contributed by atoms with van der Waals surface area (Å²) < 4.78 is 51.5. The Bertz CT molecular complexity index is 1220. The largest absolute Gasteiger partial charge is 0.586 e. The van der Waals surface area contributed by atoms with Crippen LogP contribution in [-0.2, 0) is 10.2 Å². The number of rotatable bonds is 12. The zero-order valence-electron chi connectivity index (χ0n) is 25.0. The highest BCUT2D eigenvalue weighted by Crippen LogP contribution is 2.53. The van der Waals surface area contributed by atoms with E-state index in [1.165, 1.54) is 12.1 Å². The molecule has 41 heavy (non-hydrogen) atoms. The minimum absolute atomic E-state index is 0.00538. The van der Waals surface area contributed by atoms with Crippen LogP contribution in [0.2, 0.25) is 5.82 Å². The molecule has 1 fully saturated rings. The molecule has 3 atom stereocenters. The van der Waals surface area contributed by atoms with Crippen molar-refractivity contribution < 1.29 is 37.7 Å². The van der Waals surface area contributed by atoms with Crippen LogP contribution in [0.1, 0.15) is 78.7 Å². The standard InChI is InChI=1S/C31H43BF3NO5/c1-18(11-22(32)16-37)10-20(29(4,5)17-38)12-21-13-24(23(33)15-28(21,2)3)36-27(39)30(8-9-30)19-6-7-25-26(14-19)41-31(34,35)40-25/h6-7,13-14,18,20,22,37-38H,8-12,15-17,32H2,1-5H3,(H,36,39)/t18?,20?,22-/m1/s1. The number of aliphatic hydroxyl groups excluding tert-OH is 2. The first-order chi connectivity index (χ1) is 19.0. The van der Waals surface area contributed by atoms with Crippen LogP contribution in [0.25, 0.3) is 0 Å². The maximum Gasteiger partial charge on any atom is 0.586 e. The average molecular weight is 577 g/mol. The second kappa shape index (κ2) is 11.3. The molecule has 1 saturated carbocycles. The van der Waals surface area contributed by atoms with Gasteiger partial charge in [-0.15, -0.1) is 8.78 Å². The Balaban J connectivity index is 1.55. The van der Waals surface area contributed by atoms with Crippen LogP contribution >= 0.6 is 0 Å². The molecule has 1 aliphatic heterocycles. The second-order valence-electron chi connectivity index (χ2n) is 13.8. The number of aliphatic hydroxyl groups is 2. The van der Waals surface area contributed by atoms with Gasteiger partial charge in [-0.05, 0) is 77.9 Å². The highest BCUT2D eigenvalue weighted by Gasteiger charge is 2.53. The molecular formula is C31H43BF3NO5. The molecule has 2 unspecified atom stereocenters. The van der Waals surface area contributed by atoms with Gasteiger partial charge in [0.2, 0.25) is 5.91 Å². The lowest BCUT2D eigenvalue weighted by Crippen LogP contribution is -2.36. The number of alkyl halides is 2. The van der Waals surface area contributed by atoms with Crippen molar-refractivity contribution in [1.82, 2.24) is 5.32 Å². The number of benzene rings is 1. The van der Waals surface area contributed by atoms with Gasteiger partial charge in [0.15, 0.2) is 11.5 Å². The number of nitrogens with one attached hydrogen (secondary N) is 1. The summed E-state index contributed by atoms with van der Waals surface area (Å²) in [7, 11) is 2.02. The van der Waals surface area contributed by atoms with Gasteiger partial charge in [-0.25, -0.2) is 4.39 Å². The maximum absolute atomic E-state index is 15.4. The van der Waals surface area contributed by atoms with Gasteiger partial charge < -0.3 is 25.0 Å². The van der Waals surface area contributed by atoms with E-state index in [1.54, 1.807) is 12.1 Å². The Hall–Kier alpha value is -2.46. The lowest BCUT2D eigenvalue weighted by Gasteiger charge is -2.40. The van der Waals surface area contributed by atoms with E-state index in [-0.39, 0.29) is 59.9 Å². The minimum Gasteiger partial charge on any atom is -0.397 e. The second-order valence-corrected chi connectivity index (χ2v) is 13.8. The Morgan fingerprint density at radius 3 is 2.41 bits per heavy atom. The number of carbonyl (C=O) groups is 1. The molecule has 6 nitrogen and oxygen atoms in total. The monoisotopic (exact) mass is 577 g/mol. The van der Waals surface area contributed by atoms with E-state index in [9.17, 15) is 23.8 Å². The first-order valence-electron chi connectivity index (χ1n) is 14.5. The molecule has 0 radical (unpaired) electrons. The first-order valence-corrected chi connectivity index (χ1v) is 14.5. The Labute approximate surface area is 241 Å². The lowest BCUT2D eigenvalue weighted by molar-refractivity contribution is -0.286. The van der Waals surface area contributed by atoms with E-state index >= 15 is 4.39 Å². The summed E-state index contributed by atoms with van der Waals surface area (Å²) >= 11 is 0. The highest BCUT2D eigenvalue weighted by atomic mass is 19.3. The van der Waals surface area contributed by atoms with E-state index in [2.05, 4.69) is 21.7 Å². The smallest absolute Gasteiger partial charge is 0.397 e. The van der Waals surface area contributed by atoms with Crippen molar-refractivity contribution in [3.05, 3.63) is 46.9 Å². The summed E-state index contributed by atoms with van der Waals surface area (Å²) in [5.41, 5.74) is -0.171. The molecule has 4 rings (SSSR count). The SMILES string of the molecule is B[C@@H](CO)CC(C)CC(CC1=CC(NC(=O)C2(c3ccc4c(c3)OC(F)(F)O4)CC2)=C(F)CC1(C)C)C(C)(C)CO. The number of fused-ring (bicyclic) bond motifs is 1. The van der Waals surface area contributed by atoms with Gasteiger partial charge in [-0.2, -0.15) is 0 Å². The normalized spacial score (nSPS) is 22.5. The molecule has 1 heterocycles. The van der Waals surface area contributed by atoms with Crippen molar-refractivity contribution in [2.24, 2.45) is 22.7 Å². The number of amides is 1. The fraction of sp³-hybridized carbons (Fsp3) is 0.645. The molecule has 3 aliphatic rings. The van der Waals surface area contributed by atoms with Gasteiger partial charge >= 0.3 is 6.29 Å². The lowest BCUT2D eigenvalue weighted by atomic mass is 9.66. The van der Waals surface area contributed by atoms with E-state index < -0.39 is 23.0 Å². The van der Waals surface area contributed by atoms with E-state index in [1.807, 2.05) is 35.5 Å². The molecule has 1 aromatic carbocycles. The van der Waals surface area contributed by atoms with Crippen LogP contribution in [0, 0.1) is 22.7 Å². The molecule has 226 valence electrons. The average Bonchev–Trinajstić information content (AvgIpc) is 3.62. The number of hydrogen-bond acceptors (Lipinski definition) is 5. The van der Waals surface area contributed by atoms with E-state index in [0.717, 1.165) is 18.4 Å². The predicted octanol–water partition coefficient (Wildman–Crippen LogP) is 5.55. The predicted molar refractivity (Wildman–Crippen MR) is 153 cm³/mol. The summed E-state index contributed by atoms with van der Waals surface area (Å²) in [4.78, 5) is 13.5. The fourth-order valence-corrected chi connectivity index (χ4v) is 6.16. The van der Waals surface area contributed by atoms with Gasteiger partial charge in [0.1, 0.15) is 13.7 Å². The molecule has 0 aromatic heterocycles. The molecule has 0 saturated heterocycles. The topological polar surface area (TPSA) is 88.0 Å². The van der Waals surface area contributed by atoms with Crippen molar-refractivity contribution in [1.29, 1.82) is 0 Å². The van der Waals surface area contributed by atoms with Crippen LogP contribution in [0.15, 0.2) is 41.4 Å². The molecule has 10 heteroatoms. The zero-order valence-corrected chi connectivity index (χ0v) is 25.0. The number of carbonyl (C=O) groups excluding carboxylic acids is 1. The van der Waals surface area contributed by atoms with Crippen LogP contribution in [0.5, 0.6) is 11.5 Å². The molecule has 1 aromatic rings. The number of ether oxygens (including phenoxy) is 2. The molecule has 2 aliphatic carbocycles. The third-order valence-corrected chi connectivity index (χ3v) is 9.25. The third-order valence-electron chi connectivity index (χ3n) is 9.25. The van der Waals surface area contributed by atoms with Gasteiger partial charge in [-0.3, -0.25) is 4.79 Å². The summed E-state index contributed by atoms with van der Waals surface area (Å²) in [6.45, 7) is 10.3. The summed E-state index contributed by atoms with van der Waals surface area (Å²) in [5, 5.41) is 22.5. The van der Waals surface area contributed by atoms with Crippen LogP contribution in [0.4, 0.5) is 13.2 Å². The quantitative estimate of drug-likeness (QED) is 0.284. The number of halogens is 3. The number of allylic oxidation sites excluding steroid dienone is 3. The van der Waals surface area contributed by atoms with Gasteiger partial charge in [0.05, 0.1) is 11.1 Å². The Kier molecular flexibility index (Phi) is 8.69. The zero-order chi connectivity index (χ0) is 30.4. The van der Waals surface area contributed by atoms with Crippen molar-refractivity contribution in [3.8, 4) is 11.5 Å². The van der Waals surface area contributed by atoms with Gasteiger partial charge in [-0.1, -0.05) is 52.7 Å². The summed E-state index contributed by atoms with van der Waals surface area (Å²) in [5.74, 6) is -0.409. The van der Waals surface area contributed by atoms with Crippen molar-refractivity contribution in [3.63, 3.8) is 0 Å². The van der Waals surface area contributed by atoms with Crippen molar-refractivity contribution in [2.45, 2.75) is 90.7 Å². The minimum atomic E-state index is -3.75. The van der Waals surface area contributed by atoms with Crippen LogP contribution < -0.4 is 14.8 Å². The third kappa shape index (κ3) is 6.80. The number of hydrogen-bond donors (Lipinski definition) is 3. The molecule has 3 N–H and O–H groups in total. The Morgan fingerprint density at radius 2 is 1.80 bits per heavy atom. The van der Waals surface area contributed by atoms with Crippen molar-refractivity contribution in [2.75, 3.05) is 13.2 Å². The summed E-state index contributed by atoms with van der Waals surface area (Å²) in [6.07, 6.45) is 1.47. The van der Waals surface area contributed by atoms with Crippen LogP contribution in [0.3, 0.4) is 0 Å². The van der Waals surface area contributed by atoms with Crippen molar-refractivity contribution >= 4 is 13.8 Å². The van der Waals surface area contributed by atoms with Gasteiger partial charge in [0, 0.05) is 19.6 Å². The van der Waals surface area contributed by atoms with E-state index in [0.29, 0.717) is 30.7 Å². The van der Waals surface area contributed by atoms with Gasteiger partial charge in [0.25, 0.3) is 0 Å². The molecule has 0 spiro atoms. The Morgan fingerprint density at radius 1 is 1.15 bits per heavy atom. The summed E-state index contributed by atoms with van der Waals surface area (Å²) in [6, 6.07) is 4.34. The van der Waals surface area contributed by atoms with Crippen LogP contribution in [-0.4, -0.2) is 43.5 Å². The molecule has 1 amide bonds. The first kappa shape index (κ1) is 31.5. The molecular weight excluding hydrogens is 534 g/mol. The van der Waals surface area contributed by atoms with E-state index in [4.69, 9.17) is 0 Å². The maximum atomic E-state index is 15.4. The highest BCUT2D eigenvalue weighted by molar-refractivity contribution is 6.11. The molecule has 0 bridgehead atoms.